The van der Waals surface area contributed by atoms with Crippen molar-refractivity contribution in [2.45, 2.75) is 20.3 Å². The van der Waals surface area contributed by atoms with Gasteiger partial charge in [-0.1, -0.05) is 18.2 Å². The second kappa shape index (κ2) is 4.42. The fraction of sp³-hybridized carbons (Fsp3) is 0.375. The molecule has 0 unspecified atom stereocenters. The Morgan fingerprint density at radius 3 is 2.62 bits per heavy atom. The van der Waals surface area contributed by atoms with Crippen LogP contribution in [0.3, 0.4) is 0 Å². The van der Waals surface area contributed by atoms with Crippen molar-refractivity contribution < 1.29 is 0 Å². The van der Waals surface area contributed by atoms with Gasteiger partial charge in [-0.05, 0) is 26.3 Å². The summed E-state index contributed by atoms with van der Waals surface area (Å²) in [5.74, 6) is 0. The van der Waals surface area contributed by atoms with Gasteiger partial charge in [-0.2, -0.15) is 0 Å². The van der Waals surface area contributed by atoms with Crippen molar-refractivity contribution in [3.05, 3.63) is 30.0 Å². The molecule has 0 bridgehead atoms. The van der Waals surface area contributed by atoms with Gasteiger partial charge >= 0.3 is 0 Å². The molecule has 0 atom stereocenters. The van der Waals surface area contributed by atoms with Crippen LogP contribution >= 0.6 is 0 Å². The Bertz CT molecular complexity index is 119. The van der Waals surface area contributed by atoms with E-state index in [1.807, 2.05) is 6.08 Å². The van der Waals surface area contributed by atoms with Crippen LogP contribution in [0.25, 0.3) is 0 Å². The molecular weight excluding hydrogens is 96.1 g/mol. The summed E-state index contributed by atoms with van der Waals surface area (Å²) in [5, 5.41) is 0. The van der Waals surface area contributed by atoms with Crippen molar-refractivity contribution in [3.63, 3.8) is 0 Å². The Morgan fingerprint density at radius 1 is 1.62 bits per heavy atom. The minimum Gasteiger partial charge on any atom is -0.133 e. The van der Waals surface area contributed by atoms with Crippen molar-refractivity contribution in [3.8, 4) is 0 Å². The van der Waals surface area contributed by atoms with Crippen LogP contribution in [-0.2, 0) is 0 Å². The van der Waals surface area contributed by atoms with Gasteiger partial charge < -0.3 is 0 Å². The monoisotopic (exact) mass is 108 g/mol. The molecule has 0 aromatic rings. The molecule has 0 amide bonds. The van der Waals surface area contributed by atoms with Gasteiger partial charge in [0.1, 0.15) is 0 Å². The summed E-state index contributed by atoms with van der Waals surface area (Å²) in [6, 6.07) is 0. The Balaban J connectivity index is 3.44. The predicted octanol–water partition coefficient (Wildman–Crippen LogP) is 2.68. The molecule has 0 aliphatic rings. The van der Waals surface area contributed by atoms with Crippen molar-refractivity contribution in [1.29, 1.82) is 0 Å². The Hall–Kier alpha value is -0.740. The van der Waals surface area contributed by atoms with Crippen molar-refractivity contribution in [2.75, 3.05) is 0 Å². The maximum Gasteiger partial charge on any atom is -0.00907 e. The van der Waals surface area contributed by atoms with Crippen molar-refractivity contribution >= 4 is 0 Å². The van der Waals surface area contributed by atoms with E-state index < -0.39 is 0 Å². The Morgan fingerprint density at radius 2 is 2.25 bits per heavy atom. The summed E-state index contributed by atoms with van der Waals surface area (Å²) in [7, 11) is 0. The number of rotatable bonds is 2. The summed E-state index contributed by atoms with van der Waals surface area (Å²) in [5.41, 5.74) is 4.05. The molecule has 8 heavy (non-hydrogen) atoms. The average Bonchev–Trinajstić information content (AvgIpc) is 1.66. The first kappa shape index (κ1) is 7.26. The highest BCUT2D eigenvalue weighted by Gasteiger charge is 1.70. The van der Waals surface area contributed by atoms with E-state index in [0.29, 0.717) is 0 Å². The zero-order valence-corrected chi connectivity index (χ0v) is 5.57. The van der Waals surface area contributed by atoms with Crippen LogP contribution in [0.15, 0.2) is 30.0 Å². The van der Waals surface area contributed by atoms with E-state index in [2.05, 4.69) is 32.2 Å². The molecule has 0 heteroatoms. The Kier molecular flexibility index (Phi) is 4.01. The summed E-state index contributed by atoms with van der Waals surface area (Å²) in [4.78, 5) is 0. The lowest BCUT2D eigenvalue weighted by Crippen LogP contribution is -1.61. The van der Waals surface area contributed by atoms with E-state index in [0.717, 1.165) is 6.42 Å². The normalized spacial score (nSPS) is 7.25. The van der Waals surface area contributed by atoms with E-state index in [4.69, 9.17) is 0 Å². The maximum atomic E-state index is 3.45. The molecule has 0 aromatic heterocycles. The van der Waals surface area contributed by atoms with Crippen LogP contribution in [-0.4, -0.2) is 0 Å². The molecule has 0 saturated heterocycles. The maximum absolute atomic E-state index is 3.45. The predicted molar refractivity (Wildman–Crippen MR) is 37.8 cm³/mol. The average molecular weight is 108 g/mol. The van der Waals surface area contributed by atoms with Gasteiger partial charge in [0.15, 0.2) is 0 Å². The summed E-state index contributed by atoms with van der Waals surface area (Å²) in [6.07, 6.45) is 5.01. The highest BCUT2D eigenvalue weighted by atomic mass is 13.8. The number of hydrogen-bond acceptors (Lipinski definition) is 0. The van der Waals surface area contributed by atoms with Crippen molar-refractivity contribution in [2.24, 2.45) is 0 Å². The zero-order chi connectivity index (χ0) is 6.41. The molecule has 0 aliphatic heterocycles. The third-order valence-corrected chi connectivity index (χ3v) is 0.788. The van der Waals surface area contributed by atoms with Gasteiger partial charge in [0.2, 0.25) is 0 Å². The minimum absolute atomic E-state index is 0.964. The van der Waals surface area contributed by atoms with Crippen LogP contribution in [0, 0.1) is 0 Å². The number of hydrogen-bond donors (Lipinski definition) is 0. The highest BCUT2D eigenvalue weighted by molar-refractivity contribution is 4.97. The second-order valence-electron chi connectivity index (χ2n) is 1.93. The smallest absolute Gasteiger partial charge is 0.00907 e. The molecule has 0 nitrogen and oxygen atoms in total. The molecular formula is C8H12. The molecule has 44 valence electrons. The quantitative estimate of drug-likeness (QED) is 0.377. The van der Waals surface area contributed by atoms with E-state index in [9.17, 15) is 0 Å². The van der Waals surface area contributed by atoms with Crippen LogP contribution in [0.2, 0.25) is 0 Å². The third kappa shape index (κ3) is 5.26. The fourth-order valence-electron chi connectivity index (χ4n) is 0.378. The molecule has 0 rings (SSSR count). The van der Waals surface area contributed by atoms with Gasteiger partial charge in [0.05, 0.1) is 0 Å². The van der Waals surface area contributed by atoms with E-state index >= 15 is 0 Å². The van der Waals surface area contributed by atoms with Gasteiger partial charge in [0.25, 0.3) is 0 Å². The van der Waals surface area contributed by atoms with Gasteiger partial charge in [-0.15, -0.1) is 5.73 Å². The van der Waals surface area contributed by atoms with Gasteiger partial charge in [-0.3, -0.25) is 0 Å². The van der Waals surface area contributed by atoms with Crippen LogP contribution in [0.1, 0.15) is 20.3 Å². The topological polar surface area (TPSA) is 0 Å². The largest absolute Gasteiger partial charge is 0.133 e. The highest BCUT2D eigenvalue weighted by Crippen LogP contribution is 1.91. The summed E-state index contributed by atoms with van der Waals surface area (Å²) in [6.45, 7) is 7.61. The molecule has 0 aromatic carbocycles. The van der Waals surface area contributed by atoms with Crippen LogP contribution in [0.4, 0.5) is 0 Å². The third-order valence-electron chi connectivity index (χ3n) is 0.788. The molecule has 0 radical (unpaired) electrons. The SMILES string of the molecule is C=C=CCC=C(C)C. The van der Waals surface area contributed by atoms with Crippen LogP contribution < -0.4 is 0 Å². The molecule has 0 spiro atoms. The first-order valence-corrected chi connectivity index (χ1v) is 2.75. The standard InChI is InChI=1S/C8H12/c1-4-5-6-7-8(2)3/h5,7H,1,6H2,2-3H3. The molecule has 0 heterocycles. The zero-order valence-electron chi connectivity index (χ0n) is 5.57. The lowest BCUT2D eigenvalue weighted by molar-refractivity contribution is 1.28. The van der Waals surface area contributed by atoms with Gasteiger partial charge in [-0.25, -0.2) is 0 Å². The number of allylic oxidation sites excluding steroid dienone is 3. The van der Waals surface area contributed by atoms with Crippen LogP contribution in [0.5, 0.6) is 0 Å². The van der Waals surface area contributed by atoms with E-state index in [1.54, 1.807) is 0 Å². The lowest BCUT2D eigenvalue weighted by Gasteiger charge is -1.81. The molecule has 0 saturated carbocycles. The molecule has 0 N–H and O–H groups in total. The lowest BCUT2D eigenvalue weighted by atomic mass is 10.3. The summed E-state index contributed by atoms with van der Waals surface area (Å²) >= 11 is 0. The molecule has 0 fully saturated rings. The van der Waals surface area contributed by atoms with Crippen molar-refractivity contribution in [1.82, 2.24) is 0 Å². The fourth-order valence-corrected chi connectivity index (χ4v) is 0.378. The van der Waals surface area contributed by atoms with E-state index in [-0.39, 0.29) is 0 Å². The molecule has 0 aliphatic carbocycles. The summed E-state index contributed by atoms with van der Waals surface area (Å²) < 4.78 is 0. The minimum atomic E-state index is 0.964. The van der Waals surface area contributed by atoms with Gasteiger partial charge in [0, 0.05) is 0 Å². The second-order valence-corrected chi connectivity index (χ2v) is 1.93. The Labute approximate surface area is 51.2 Å². The first-order valence-electron chi connectivity index (χ1n) is 2.75. The van der Waals surface area contributed by atoms with E-state index in [1.165, 1.54) is 5.57 Å². The first-order chi connectivity index (χ1) is 3.77.